The fourth-order valence-electron chi connectivity index (χ4n) is 3.90. The molecule has 3 aromatic rings. The summed E-state index contributed by atoms with van der Waals surface area (Å²) < 4.78 is 13.1. The van der Waals surface area contributed by atoms with Crippen molar-refractivity contribution in [1.82, 2.24) is 19.7 Å². The summed E-state index contributed by atoms with van der Waals surface area (Å²) in [5, 5.41) is 4.15. The molecule has 0 radical (unpaired) electrons. The SMILES string of the molecule is COc1cccc(N2CCN(CCCCOc3cccc(Cn4cncn4)c3)CC2)c1. The Morgan fingerprint density at radius 2 is 1.77 bits per heavy atom. The molecule has 1 saturated heterocycles. The molecule has 2 aromatic carbocycles. The van der Waals surface area contributed by atoms with Crippen LogP contribution in [0.5, 0.6) is 11.5 Å². The summed E-state index contributed by atoms with van der Waals surface area (Å²) in [6, 6.07) is 16.6. The summed E-state index contributed by atoms with van der Waals surface area (Å²) in [6.45, 7) is 6.90. The average molecular weight is 422 g/mol. The molecule has 0 amide bonds. The normalized spacial score (nSPS) is 14.5. The summed E-state index contributed by atoms with van der Waals surface area (Å²) in [6.07, 6.45) is 5.49. The highest BCUT2D eigenvalue weighted by molar-refractivity contribution is 5.51. The van der Waals surface area contributed by atoms with Gasteiger partial charge in [0.1, 0.15) is 24.2 Å². The summed E-state index contributed by atoms with van der Waals surface area (Å²) >= 11 is 0. The minimum absolute atomic E-state index is 0.707. The fourth-order valence-corrected chi connectivity index (χ4v) is 3.90. The van der Waals surface area contributed by atoms with Crippen molar-refractivity contribution in [2.24, 2.45) is 0 Å². The molecule has 0 aliphatic carbocycles. The molecule has 31 heavy (non-hydrogen) atoms. The van der Waals surface area contributed by atoms with Crippen LogP contribution in [-0.4, -0.2) is 66.1 Å². The number of hydrogen-bond donors (Lipinski definition) is 0. The Bertz CT molecular complexity index is 923. The van der Waals surface area contributed by atoms with Gasteiger partial charge >= 0.3 is 0 Å². The zero-order valence-corrected chi connectivity index (χ0v) is 18.2. The molecule has 1 aliphatic rings. The Balaban J connectivity index is 1.13. The second-order valence-corrected chi connectivity index (χ2v) is 7.83. The van der Waals surface area contributed by atoms with Gasteiger partial charge in [0, 0.05) is 37.9 Å². The van der Waals surface area contributed by atoms with Crippen LogP contribution < -0.4 is 14.4 Å². The zero-order valence-electron chi connectivity index (χ0n) is 18.2. The lowest BCUT2D eigenvalue weighted by molar-refractivity contribution is 0.238. The van der Waals surface area contributed by atoms with Crippen molar-refractivity contribution in [2.45, 2.75) is 19.4 Å². The van der Waals surface area contributed by atoms with E-state index in [4.69, 9.17) is 9.47 Å². The number of benzene rings is 2. The number of piperazine rings is 1. The van der Waals surface area contributed by atoms with Crippen molar-refractivity contribution in [3.05, 3.63) is 66.7 Å². The molecule has 0 saturated carbocycles. The van der Waals surface area contributed by atoms with E-state index in [-0.39, 0.29) is 0 Å². The molecule has 0 spiro atoms. The Kier molecular flexibility index (Phi) is 7.39. The van der Waals surface area contributed by atoms with Gasteiger partial charge in [-0.25, -0.2) is 9.67 Å². The lowest BCUT2D eigenvalue weighted by Crippen LogP contribution is -2.46. The largest absolute Gasteiger partial charge is 0.497 e. The van der Waals surface area contributed by atoms with Crippen LogP contribution in [0, 0.1) is 0 Å². The molecule has 7 nitrogen and oxygen atoms in total. The molecule has 1 fully saturated rings. The number of rotatable bonds is 10. The van der Waals surface area contributed by atoms with E-state index in [9.17, 15) is 0 Å². The molecule has 0 atom stereocenters. The molecule has 2 heterocycles. The molecule has 1 aliphatic heterocycles. The van der Waals surface area contributed by atoms with E-state index in [0.29, 0.717) is 6.54 Å². The first kappa shape index (κ1) is 21.2. The number of unbranched alkanes of at least 4 members (excludes halogenated alkanes) is 1. The van der Waals surface area contributed by atoms with Crippen molar-refractivity contribution in [3.8, 4) is 11.5 Å². The van der Waals surface area contributed by atoms with Crippen LogP contribution in [0.15, 0.2) is 61.2 Å². The molecule has 1 aromatic heterocycles. The molecule has 7 heteroatoms. The quantitative estimate of drug-likeness (QED) is 0.468. The Hall–Kier alpha value is -3.06. The van der Waals surface area contributed by atoms with E-state index < -0.39 is 0 Å². The average Bonchev–Trinajstić information content (AvgIpc) is 3.33. The van der Waals surface area contributed by atoms with Crippen LogP contribution >= 0.6 is 0 Å². The summed E-state index contributed by atoms with van der Waals surface area (Å²) in [7, 11) is 1.72. The van der Waals surface area contributed by atoms with E-state index in [1.54, 1.807) is 19.8 Å². The number of nitrogens with zero attached hydrogens (tertiary/aromatic N) is 5. The molecule has 4 rings (SSSR count). The van der Waals surface area contributed by atoms with E-state index in [1.807, 2.05) is 22.9 Å². The minimum atomic E-state index is 0.707. The van der Waals surface area contributed by atoms with Crippen LogP contribution in [0.1, 0.15) is 18.4 Å². The number of aromatic nitrogens is 3. The van der Waals surface area contributed by atoms with Crippen LogP contribution in [-0.2, 0) is 6.54 Å². The number of methoxy groups -OCH3 is 1. The second kappa shape index (κ2) is 10.8. The number of anilines is 1. The van der Waals surface area contributed by atoms with Gasteiger partial charge in [-0.1, -0.05) is 18.2 Å². The van der Waals surface area contributed by atoms with Crippen molar-refractivity contribution in [2.75, 3.05) is 51.3 Å². The number of hydrogen-bond acceptors (Lipinski definition) is 6. The maximum atomic E-state index is 5.97. The van der Waals surface area contributed by atoms with Gasteiger partial charge in [0.05, 0.1) is 20.3 Å². The molecular weight excluding hydrogens is 390 g/mol. The van der Waals surface area contributed by atoms with Crippen LogP contribution in [0.2, 0.25) is 0 Å². The standard InChI is InChI=1S/C24H31N5O2/c1-30-23-8-5-7-22(17-23)28-13-11-27(12-14-28)10-2-3-15-31-24-9-4-6-21(16-24)18-29-20-25-19-26-29/h4-9,16-17,19-20H,2-3,10-15,18H2,1H3. The second-order valence-electron chi connectivity index (χ2n) is 7.83. The zero-order chi connectivity index (χ0) is 21.3. The van der Waals surface area contributed by atoms with Gasteiger partial charge in [0.2, 0.25) is 0 Å². The third kappa shape index (κ3) is 6.21. The Morgan fingerprint density at radius 1 is 0.935 bits per heavy atom. The smallest absolute Gasteiger partial charge is 0.137 e. The van der Waals surface area contributed by atoms with Crippen molar-refractivity contribution in [3.63, 3.8) is 0 Å². The monoisotopic (exact) mass is 421 g/mol. The van der Waals surface area contributed by atoms with E-state index in [0.717, 1.165) is 69.2 Å². The molecule has 0 N–H and O–H groups in total. The predicted octanol–water partition coefficient (Wildman–Crippen LogP) is 3.32. The minimum Gasteiger partial charge on any atom is -0.497 e. The first-order valence-electron chi connectivity index (χ1n) is 11.0. The lowest BCUT2D eigenvalue weighted by Gasteiger charge is -2.36. The third-order valence-electron chi connectivity index (χ3n) is 5.64. The van der Waals surface area contributed by atoms with Gasteiger partial charge in [-0.15, -0.1) is 0 Å². The van der Waals surface area contributed by atoms with E-state index in [1.165, 1.54) is 5.69 Å². The highest BCUT2D eigenvalue weighted by atomic mass is 16.5. The number of ether oxygens (including phenoxy) is 2. The highest BCUT2D eigenvalue weighted by Gasteiger charge is 2.17. The van der Waals surface area contributed by atoms with Crippen LogP contribution in [0.3, 0.4) is 0 Å². The Labute approximate surface area is 184 Å². The van der Waals surface area contributed by atoms with Gasteiger partial charge < -0.3 is 14.4 Å². The van der Waals surface area contributed by atoms with Gasteiger partial charge in [-0.2, -0.15) is 5.10 Å². The van der Waals surface area contributed by atoms with Gasteiger partial charge in [-0.05, 0) is 49.2 Å². The summed E-state index contributed by atoms with van der Waals surface area (Å²) in [5.74, 6) is 1.84. The third-order valence-corrected chi connectivity index (χ3v) is 5.64. The van der Waals surface area contributed by atoms with E-state index in [2.05, 4.69) is 50.2 Å². The van der Waals surface area contributed by atoms with Crippen LogP contribution in [0.25, 0.3) is 0 Å². The van der Waals surface area contributed by atoms with Gasteiger partial charge in [0.25, 0.3) is 0 Å². The van der Waals surface area contributed by atoms with Gasteiger partial charge in [-0.3, -0.25) is 4.90 Å². The van der Waals surface area contributed by atoms with Crippen LogP contribution in [0.4, 0.5) is 5.69 Å². The van der Waals surface area contributed by atoms with Gasteiger partial charge in [0.15, 0.2) is 0 Å². The van der Waals surface area contributed by atoms with E-state index >= 15 is 0 Å². The lowest BCUT2D eigenvalue weighted by atomic mass is 10.2. The predicted molar refractivity (Wildman–Crippen MR) is 122 cm³/mol. The molecular formula is C24H31N5O2. The Morgan fingerprint density at radius 3 is 2.58 bits per heavy atom. The first-order chi connectivity index (χ1) is 15.3. The van der Waals surface area contributed by atoms with Crippen molar-refractivity contribution >= 4 is 5.69 Å². The fraction of sp³-hybridized carbons (Fsp3) is 0.417. The first-order valence-corrected chi connectivity index (χ1v) is 11.0. The van der Waals surface area contributed by atoms with Crippen molar-refractivity contribution in [1.29, 1.82) is 0 Å². The maximum Gasteiger partial charge on any atom is 0.137 e. The highest BCUT2D eigenvalue weighted by Crippen LogP contribution is 2.22. The molecule has 0 bridgehead atoms. The van der Waals surface area contributed by atoms with Crippen molar-refractivity contribution < 1.29 is 9.47 Å². The maximum absolute atomic E-state index is 5.97. The molecule has 0 unspecified atom stereocenters. The summed E-state index contributed by atoms with van der Waals surface area (Å²) in [4.78, 5) is 8.97. The summed E-state index contributed by atoms with van der Waals surface area (Å²) in [5.41, 5.74) is 2.41. The molecule has 164 valence electrons. The topological polar surface area (TPSA) is 55.7 Å².